The summed E-state index contributed by atoms with van der Waals surface area (Å²) in [4.78, 5) is 4.57. The fraction of sp³-hybridized carbons (Fsp3) is 0.615. The second-order valence-electron chi connectivity index (χ2n) is 4.63. The van der Waals surface area contributed by atoms with Crippen LogP contribution in [-0.4, -0.2) is 23.8 Å². The van der Waals surface area contributed by atoms with Crippen LogP contribution >= 0.6 is 11.8 Å². The summed E-state index contributed by atoms with van der Waals surface area (Å²) in [5.41, 5.74) is 2.45. The monoisotopic (exact) mass is 236 g/mol. The first-order valence-electron chi connectivity index (χ1n) is 6.03. The second-order valence-corrected chi connectivity index (χ2v) is 5.67. The Morgan fingerprint density at radius 2 is 2.06 bits per heavy atom. The van der Waals surface area contributed by atoms with Gasteiger partial charge < -0.3 is 5.32 Å². The third-order valence-electron chi connectivity index (χ3n) is 3.00. The van der Waals surface area contributed by atoms with E-state index in [1.165, 1.54) is 42.3 Å². The summed E-state index contributed by atoms with van der Waals surface area (Å²) in [5.74, 6) is 2.09. The minimum Gasteiger partial charge on any atom is -0.317 e. The summed E-state index contributed by atoms with van der Waals surface area (Å²) in [7, 11) is 0. The first-order chi connectivity index (χ1) is 7.74. The standard InChI is InChI=1S/C13H20N2S/c1-10-7-11(2)15-13(8-10)16-9-12-3-5-14-6-4-12/h7-8,12,14H,3-6,9H2,1-2H3. The highest BCUT2D eigenvalue weighted by molar-refractivity contribution is 7.99. The molecule has 0 amide bonds. The smallest absolute Gasteiger partial charge is 0.0965 e. The highest BCUT2D eigenvalue weighted by Gasteiger charge is 2.13. The van der Waals surface area contributed by atoms with Crippen LogP contribution in [0.25, 0.3) is 0 Å². The lowest BCUT2D eigenvalue weighted by Crippen LogP contribution is -2.28. The van der Waals surface area contributed by atoms with Gasteiger partial charge in [0.2, 0.25) is 0 Å². The van der Waals surface area contributed by atoms with Gasteiger partial charge in [0.25, 0.3) is 0 Å². The zero-order valence-corrected chi connectivity index (χ0v) is 10.9. The summed E-state index contributed by atoms with van der Waals surface area (Å²) >= 11 is 1.92. The number of aromatic nitrogens is 1. The van der Waals surface area contributed by atoms with Gasteiger partial charge in [0.15, 0.2) is 0 Å². The summed E-state index contributed by atoms with van der Waals surface area (Å²) in [6, 6.07) is 4.33. The quantitative estimate of drug-likeness (QED) is 0.817. The van der Waals surface area contributed by atoms with E-state index in [9.17, 15) is 0 Å². The first-order valence-corrected chi connectivity index (χ1v) is 7.01. The molecule has 2 nitrogen and oxygen atoms in total. The van der Waals surface area contributed by atoms with E-state index in [2.05, 4.69) is 36.3 Å². The Balaban J connectivity index is 1.88. The van der Waals surface area contributed by atoms with Gasteiger partial charge in [-0.3, -0.25) is 0 Å². The van der Waals surface area contributed by atoms with Crippen molar-refractivity contribution in [3.8, 4) is 0 Å². The molecule has 0 unspecified atom stereocenters. The molecule has 1 aliphatic heterocycles. The summed E-state index contributed by atoms with van der Waals surface area (Å²) in [6.45, 7) is 6.59. The molecular formula is C13H20N2S. The Morgan fingerprint density at radius 3 is 2.75 bits per heavy atom. The number of rotatable bonds is 3. The lowest BCUT2D eigenvalue weighted by atomic mass is 10.0. The second kappa shape index (κ2) is 5.69. The predicted molar refractivity (Wildman–Crippen MR) is 70.0 cm³/mol. The van der Waals surface area contributed by atoms with Crippen LogP contribution in [0.15, 0.2) is 17.2 Å². The largest absolute Gasteiger partial charge is 0.317 e. The third-order valence-corrected chi connectivity index (χ3v) is 4.14. The molecule has 1 fully saturated rings. The van der Waals surface area contributed by atoms with Crippen molar-refractivity contribution in [2.75, 3.05) is 18.8 Å². The van der Waals surface area contributed by atoms with Crippen LogP contribution in [0.1, 0.15) is 24.1 Å². The van der Waals surface area contributed by atoms with Crippen LogP contribution in [0.2, 0.25) is 0 Å². The Kier molecular flexibility index (Phi) is 4.24. The molecule has 88 valence electrons. The number of pyridine rings is 1. The molecule has 0 radical (unpaired) electrons. The number of nitrogens with one attached hydrogen (secondary N) is 1. The molecule has 2 heterocycles. The minimum atomic E-state index is 0.869. The molecule has 0 bridgehead atoms. The summed E-state index contributed by atoms with van der Waals surface area (Å²) in [6.07, 6.45) is 2.63. The zero-order chi connectivity index (χ0) is 11.4. The van der Waals surface area contributed by atoms with Crippen LogP contribution in [0.5, 0.6) is 0 Å². The molecule has 3 heteroatoms. The highest BCUT2D eigenvalue weighted by atomic mass is 32.2. The maximum absolute atomic E-state index is 4.57. The van der Waals surface area contributed by atoms with E-state index < -0.39 is 0 Å². The van der Waals surface area contributed by atoms with Crippen molar-refractivity contribution in [1.29, 1.82) is 0 Å². The van der Waals surface area contributed by atoms with Crippen molar-refractivity contribution < 1.29 is 0 Å². The van der Waals surface area contributed by atoms with Gasteiger partial charge in [-0.25, -0.2) is 4.98 Å². The molecule has 16 heavy (non-hydrogen) atoms. The number of nitrogens with zero attached hydrogens (tertiary/aromatic N) is 1. The molecule has 0 saturated carbocycles. The Morgan fingerprint density at radius 1 is 1.31 bits per heavy atom. The Hall–Kier alpha value is -0.540. The van der Waals surface area contributed by atoms with E-state index in [-0.39, 0.29) is 0 Å². The molecule has 2 rings (SSSR count). The maximum Gasteiger partial charge on any atom is 0.0965 e. The van der Waals surface area contributed by atoms with Gasteiger partial charge in [0.05, 0.1) is 5.03 Å². The molecule has 0 aromatic carbocycles. The molecule has 0 spiro atoms. The van der Waals surface area contributed by atoms with Gasteiger partial charge in [0.1, 0.15) is 0 Å². The van der Waals surface area contributed by atoms with E-state index >= 15 is 0 Å². The van der Waals surface area contributed by atoms with Crippen LogP contribution < -0.4 is 5.32 Å². The van der Waals surface area contributed by atoms with Crippen molar-refractivity contribution in [2.45, 2.75) is 31.7 Å². The normalized spacial score (nSPS) is 17.6. The van der Waals surface area contributed by atoms with Crippen LogP contribution in [-0.2, 0) is 0 Å². The molecule has 1 aromatic heterocycles. The van der Waals surface area contributed by atoms with E-state index in [1.807, 2.05) is 11.8 Å². The number of piperidine rings is 1. The van der Waals surface area contributed by atoms with E-state index in [1.54, 1.807) is 0 Å². The number of hydrogen-bond donors (Lipinski definition) is 1. The molecule has 1 aromatic rings. The SMILES string of the molecule is Cc1cc(C)nc(SCC2CCNCC2)c1. The van der Waals surface area contributed by atoms with Gasteiger partial charge in [-0.1, -0.05) is 0 Å². The van der Waals surface area contributed by atoms with Crippen molar-refractivity contribution in [3.05, 3.63) is 23.4 Å². The van der Waals surface area contributed by atoms with Crippen LogP contribution in [0, 0.1) is 19.8 Å². The van der Waals surface area contributed by atoms with E-state index in [0.717, 1.165) is 11.6 Å². The molecule has 0 atom stereocenters. The summed E-state index contributed by atoms with van der Waals surface area (Å²) < 4.78 is 0. The Bertz CT molecular complexity index is 326. The van der Waals surface area contributed by atoms with Gasteiger partial charge >= 0.3 is 0 Å². The van der Waals surface area contributed by atoms with Crippen molar-refractivity contribution >= 4 is 11.8 Å². The average Bonchev–Trinajstić information content (AvgIpc) is 2.27. The van der Waals surface area contributed by atoms with Crippen molar-refractivity contribution in [3.63, 3.8) is 0 Å². The lowest BCUT2D eigenvalue weighted by Gasteiger charge is -2.21. The summed E-state index contributed by atoms with van der Waals surface area (Å²) in [5, 5.41) is 4.60. The average molecular weight is 236 g/mol. The fourth-order valence-corrected chi connectivity index (χ4v) is 3.35. The van der Waals surface area contributed by atoms with Crippen molar-refractivity contribution in [2.24, 2.45) is 5.92 Å². The highest BCUT2D eigenvalue weighted by Crippen LogP contribution is 2.24. The molecule has 1 saturated heterocycles. The molecule has 1 aliphatic rings. The molecule has 1 N–H and O–H groups in total. The van der Waals surface area contributed by atoms with Crippen molar-refractivity contribution in [1.82, 2.24) is 10.3 Å². The van der Waals surface area contributed by atoms with Gasteiger partial charge in [-0.05, 0) is 63.4 Å². The molecule has 0 aliphatic carbocycles. The zero-order valence-electron chi connectivity index (χ0n) is 10.1. The molecular weight excluding hydrogens is 216 g/mol. The topological polar surface area (TPSA) is 24.9 Å². The minimum absolute atomic E-state index is 0.869. The number of aryl methyl sites for hydroxylation is 2. The predicted octanol–water partition coefficient (Wildman–Crippen LogP) is 2.79. The lowest BCUT2D eigenvalue weighted by molar-refractivity contribution is 0.408. The third kappa shape index (κ3) is 3.49. The van der Waals surface area contributed by atoms with Gasteiger partial charge in [-0.15, -0.1) is 11.8 Å². The van der Waals surface area contributed by atoms with Crippen LogP contribution in [0.4, 0.5) is 0 Å². The number of hydrogen-bond acceptors (Lipinski definition) is 3. The van der Waals surface area contributed by atoms with Crippen LogP contribution in [0.3, 0.4) is 0 Å². The first kappa shape index (κ1) is 11.9. The van der Waals surface area contributed by atoms with E-state index in [4.69, 9.17) is 0 Å². The maximum atomic E-state index is 4.57. The van der Waals surface area contributed by atoms with E-state index in [0.29, 0.717) is 0 Å². The van der Waals surface area contributed by atoms with Gasteiger partial charge in [-0.2, -0.15) is 0 Å². The Labute approximate surface area is 102 Å². The fourth-order valence-electron chi connectivity index (χ4n) is 2.13. The number of thioether (sulfide) groups is 1. The van der Waals surface area contributed by atoms with Gasteiger partial charge in [0, 0.05) is 11.4 Å².